The van der Waals surface area contributed by atoms with Crippen molar-refractivity contribution in [2.45, 2.75) is 0 Å². The highest BCUT2D eigenvalue weighted by atomic mass is 14.9. The van der Waals surface area contributed by atoms with E-state index in [2.05, 4.69) is 28.2 Å². The maximum absolute atomic E-state index is 9.56. The van der Waals surface area contributed by atoms with Crippen molar-refractivity contribution in [3.05, 3.63) is 78.5 Å². The van der Waals surface area contributed by atoms with Crippen LogP contribution in [-0.4, -0.2) is 9.97 Å². The largest absolute Gasteiger partial charge is 0.383 e. The maximum atomic E-state index is 9.56. The fraction of sp³-hybridized carbons (Fsp3) is 0. The molecule has 2 aromatic carbocycles. The summed E-state index contributed by atoms with van der Waals surface area (Å²) in [5, 5.41) is 10.4. The quantitative estimate of drug-likeness (QED) is 0.593. The molecule has 118 valence electrons. The molecule has 4 rings (SSSR count). The van der Waals surface area contributed by atoms with Crippen LogP contribution in [-0.2, 0) is 0 Å². The zero-order valence-corrected chi connectivity index (χ0v) is 13.3. The van der Waals surface area contributed by atoms with E-state index in [9.17, 15) is 5.26 Å². The van der Waals surface area contributed by atoms with Gasteiger partial charge in [-0.25, -0.2) is 9.97 Å². The van der Waals surface area contributed by atoms with E-state index in [-0.39, 0.29) is 5.82 Å². The number of aromatic nitrogens is 2. The number of nitrogens with zero attached hydrogens (tertiary/aromatic N) is 3. The second-order valence-electron chi connectivity index (χ2n) is 5.68. The Morgan fingerprint density at radius 2 is 1.48 bits per heavy atom. The summed E-state index contributed by atoms with van der Waals surface area (Å²) in [6, 6.07) is 24.2. The van der Waals surface area contributed by atoms with Crippen LogP contribution in [0.15, 0.2) is 72.9 Å². The molecule has 0 amide bonds. The average Bonchev–Trinajstić information content (AvgIpc) is 2.68. The van der Waals surface area contributed by atoms with Crippen LogP contribution in [0.2, 0.25) is 0 Å². The van der Waals surface area contributed by atoms with E-state index < -0.39 is 0 Å². The van der Waals surface area contributed by atoms with Crippen molar-refractivity contribution in [3.8, 4) is 28.3 Å². The number of pyridine rings is 2. The average molecular weight is 322 g/mol. The molecule has 0 saturated carbocycles. The number of rotatable bonds is 2. The molecule has 0 radical (unpaired) electrons. The third kappa shape index (κ3) is 2.58. The number of nitriles is 1. The number of benzene rings is 2. The van der Waals surface area contributed by atoms with Crippen LogP contribution in [0.5, 0.6) is 0 Å². The number of fused-ring (bicyclic) bond motifs is 1. The summed E-state index contributed by atoms with van der Waals surface area (Å²) in [6.07, 6.45) is 1.67. The van der Waals surface area contributed by atoms with Gasteiger partial charge in [0.2, 0.25) is 0 Å². The van der Waals surface area contributed by atoms with E-state index in [1.54, 1.807) is 6.20 Å². The van der Waals surface area contributed by atoms with Gasteiger partial charge in [0.05, 0.1) is 0 Å². The number of hydrogen-bond acceptors (Lipinski definition) is 4. The van der Waals surface area contributed by atoms with Gasteiger partial charge in [-0.15, -0.1) is 0 Å². The van der Waals surface area contributed by atoms with Crippen molar-refractivity contribution in [1.29, 1.82) is 5.26 Å². The minimum absolute atomic E-state index is 0.204. The molecular formula is C21H14N4. The lowest BCUT2D eigenvalue weighted by molar-refractivity contribution is 1.28. The van der Waals surface area contributed by atoms with Gasteiger partial charge in [-0.2, -0.15) is 5.26 Å². The maximum Gasteiger partial charge on any atom is 0.162 e. The molecule has 0 aliphatic rings. The first kappa shape index (κ1) is 14.9. The summed E-state index contributed by atoms with van der Waals surface area (Å²) in [5.41, 5.74) is 10.9. The van der Waals surface area contributed by atoms with Crippen LogP contribution in [0.4, 0.5) is 5.82 Å². The second kappa shape index (κ2) is 6.06. The molecule has 0 aliphatic heterocycles. The first-order chi connectivity index (χ1) is 12.3. The van der Waals surface area contributed by atoms with Crippen LogP contribution < -0.4 is 5.73 Å². The lowest BCUT2D eigenvalue weighted by Gasteiger charge is -2.11. The molecule has 4 aromatic rings. The standard InChI is InChI=1S/C21H14N4/c22-13-18-19(17-7-4-12-24-21(17)25-20(18)23)16-10-8-15(9-11-16)14-5-2-1-3-6-14/h1-12H,(H2,23,24,25). The summed E-state index contributed by atoms with van der Waals surface area (Å²) >= 11 is 0. The Morgan fingerprint density at radius 1 is 0.800 bits per heavy atom. The van der Waals surface area contributed by atoms with Gasteiger partial charge in [0.15, 0.2) is 5.65 Å². The summed E-state index contributed by atoms with van der Waals surface area (Å²) in [7, 11) is 0. The lowest BCUT2D eigenvalue weighted by atomic mass is 9.95. The van der Waals surface area contributed by atoms with Crippen molar-refractivity contribution in [1.82, 2.24) is 9.97 Å². The molecule has 2 aromatic heterocycles. The Labute approximate surface area is 145 Å². The Morgan fingerprint density at radius 3 is 2.20 bits per heavy atom. The Hall–Kier alpha value is -3.71. The van der Waals surface area contributed by atoms with E-state index in [0.29, 0.717) is 11.2 Å². The molecule has 25 heavy (non-hydrogen) atoms. The van der Waals surface area contributed by atoms with Gasteiger partial charge in [0, 0.05) is 17.1 Å². The highest BCUT2D eigenvalue weighted by Gasteiger charge is 2.15. The molecule has 0 aliphatic carbocycles. The van der Waals surface area contributed by atoms with Crippen molar-refractivity contribution in [3.63, 3.8) is 0 Å². The summed E-state index contributed by atoms with van der Waals surface area (Å²) in [5.74, 6) is 0.204. The molecule has 2 N–H and O–H groups in total. The van der Waals surface area contributed by atoms with Crippen molar-refractivity contribution in [2.24, 2.45) is 0 Å². The monoisotopic (exact) mass is 322 g/mol. The smallest absolute Gasteiger partial charge is 0.162 e. The van der Waals surface area contributed by atoms with Gasteiger partial charge in [0.1, 0.15) is 17.5 Å². The van der Waals surface area contributed by atoms with Gasteiger partial charge < -0.3 is 5.73 Å². The minimum atomic E-state index is 0.204. The van der Waals surface area contributed by atoms with Crippen molar-refractivity contribution in [2.75, 3.05) is 5.73 Å². The third-order valence-electron chi connectivity index (χ3n) is 4.18. The third-order valence-corrected chi connectivity index (χ3v) is 4.18. The van der Waals surface area contributed by atoms with E-state index in [1.165, 1.54) is 0 Å². The zero-order valence-electron chi connectivity index (χ0n) is 13.3. The number of nitrogens with two attached hydrogens (primary N) is 1. The van der Waals surface area contributed by atoms with Crippen LogP contribution in [0.1, 0.15) is 5.56 Å². The Kier molecular flexibility index (Phi) is 3.60. The normalized spacial score (nSPS) is 10.5. The van der Waals surface area contributed by atoms with E-state index >= 15 is 0 Å². The van der Waals surface area contributed by atoms with Crippen molar-refractivity contribution >= 4 is 16.9 Å². The predicted molar refractivity (Wildman–Crippen MR) is 99.5 cm³/mol. The first-order valence-corrected chi connectivity index (χ1v) is 7.88. The first-order valence-electron chi connectivity index (χ1n) is 7.88. The lowest BCUT2D eigenvalue weighted by Crippen LogP contribution is -2.00. The van der Waals surface area contributed by atoms with Crippen LogP contribution in [0, 0.1) is 11.3 Å². The number of hydrogen-bond donors (Lipinski definition) is 1. The Balaban J connectivity index is 1.92. The molecule has 0 saturated heterocycles. The second-order valence-corrected chi connectivity index (χ2v) is 5.68. The molecule has 0 bridgehead atoms. The SMILES string of the molecule is N#Cc1c(N)nc2ncccc2c1-c1ccc(-c2ccccc2)cc1. The minimum Gasteiger partial charge on any atom is -0.383 e. The van der Waals surface area contributed by atoms with Gasteiger partial charge >= 0.3 is 0 Å². The summed E-state index contributed by atoms with van der Waals surface area (Å²) in [6.45, 7) is 0. The highest BCUT2D eigenvalue weighted by Crippen LogP contribution is 2.34. The Bertz CT molecular complexity index is 1090. The van der Waals surface area contributed by atoms with Crippen LogP contribution in [0.3, 0.4) is 0 Å². The summed E-state index contributed by atoms with van der Waals surface area (Å²) < 4.78 is 0. The van der Waals surface area contributed by atoms with Crippen molar-refractivity contribution < 1.29 is 0 Å². The molecular weight excluding hydrogens is 308 g/mol. The van der Waals surface area contributed by atoms with Crippen LogP contribution in [0.25, 0.3) is 33.3 Å². The summed E-state index contributed by atoms with van der Waals surface area (Å²) in [4.78, 5) is 8.51. The zero-order chi connectivity index (χ0) is 17.2. The van der Waals surface area contributed by atoms with Gasteiger partial charge in [-0.3, -0.25) is 0 Å². The van der Waals surface area contributed by atoms with Gasteiger partial charge in [-0.1, -0.05) is 54.6 Å². The molecule has 0 unspecified atom stereocenters. The van der Waals surface area contributed by atoms with E-state index in [4.69, 9.17) is 5.73 Å². The van der Waals surface area contributed by atoms with E-state index in [0.717, 1.165) is 27.6 Å². The molecule has 4 heteroatoms. The molecule has 0 atom stereocenters. The fourth-order valence-corrected chi connectivity index (χ4v) is 2.99. The topological polar surface area (TPSA) is 75.6 Å². The van der Waals surface area contributed by atoms with Crippen LogP contribution >= 0.6 is 0 Å². The fourth-order valence-electron chi connectivity index (χ4n) is 2.99. The van der Waals surface area contributed by atoms with E-state index in [1.807, 2.05) is 54.6 Å². The molecule has 2 heterocycles. The molecule has 0 fully saturated rings. The molecule has 4 nitrogen and oxygen atoms in total. The number of anilines is 1. The predicted octanol–water partition coefficient (Wildman–Crippen LogP) is 4.42. The number of nitrogen functional groups attached to an aromatic ring is 1. The van der Waals surface area contributed by atoms with Gasteiger partial charge in [0.25, 0.3) is 0 Å². The molecule has 0 spiro atoms. The van der Waals surface area contributed by atoms with Gasteiger partial charge in [-0.05, 0) is 28.8 Å². The highest BCUT2D eigenvalue weighted by molar-refractivity contribution is 5.98.